The normalized spacial score (nSPS) is 10.1. The van der Waals surface area contributed by atoms with Crippen molar-refractivity contribution in [2.75, 3.05) is 13.7 Å². The summed E-state index contributed by atoms with van der Waals surface area (Å²) in [6, 6.07) is 4.84. The number of hydrazine groups is 1. The van der Waals surface area contributed by atoms with E-state index in [1.54, 1.807) is 25.1 Å². The standard InChI is InChI=1S/C14H15IN2O5/c1-3-22-13(19)7-6-12(18)16-17-14(20)9-4-5-11(21-2)10(15)8-9/h4-8H,3H2,1-2H3,(H,16,18)(H,17,20). The van der Waals surface area contributed by atoms with Gasteiger partial charge in [-0.3, -0.25) is 20.4 Å². The average Bonchev–Trinajstić information content (AvgIpc) is 2.50. The Balaban J connectivity index is 2.54. The average molecular weight is 418 g/mol. The number of hydrogen-bond donors (Lipinski definition) is 2. The monoisotopic (exact) mass is 418 g/mol. The van der Waals surface area contributed by atoms with Gasteiger partial charge in [0, 0.05) is 17.7 Å². The van der Waals surface area contributed by atoms with Gasteiger partial charge >= 0.3 is 5.97 Å². The van der Waals surface area contributed by atoms with E-state index < -0.39 is 17.8 Å². The van der Waals surface area contributed by atoms with Crippen LogP contribution in [0.3, 0.4) is 0 Å². The van der Waals surface area contributed by atoms with Gasteiger partial charge in [0.1, 0.15) is 5.75 Å². The van der Waals surface area contributed by atoms with E-state index in [1.165, 1.54) is 7.11 Å². The first-order valence-corrected chi connectivity index (χ1v) is 7.34. The first kappa shape index (κ1) is 18.0. The molecule has 0 atom stereocenters. The number of nitrogens with one attached hydrogen (secondary N) is 2. The van der Waals surface area contributed by atoms with Gasteiger partial charge in [0.25, 0.3) is 11.8 Å². The Morgan fingerprint density at radius 3 is 2.55 bits per heavy atom. The van der Waals surface area contributed by atoms with Crippen LogP contribution in [0.4, 0.5) is 0 Å². The van der Waals surface area contributed by atoms with Crippen LogP contribution in [0.2, 0.25) is 0 Å². The zero-order valence-electron chi connectivity index (χ0n) is 12.0. The molecule has 1 aromatic rings. The molecule has 1 rings (SSSR count). The van der Waals surface area contributed by atoms with E-state index in [1.807, 2.05) is 22.6 Å². The minimum absolute atomic E-state index is 0.220. The minimum Gasteiger partial charge on any atom is -0.496 e. The number of carbonyl (C=O) groups is 3. The lowest BCUT2D eigenvalue weighted by Crippen LogP contribution is -2.40. The quantitative estimate of drug-likeness (QED) is 0.324. The van der Waals surface area contributed by atoms with E-state index >= 15 is 0 Å². The van der Waals surface area contributed by atoms with Crippen molar-refractivity contribution in [1.82, 2.24) is 10.9 Å². The molecule has 0 aliphatic heterocycles. The number of ether oxygens (including phenoxy) is 2. The smallest absolute Gasteiger partial charge is 0.330 e. The molecule has 0 fully saturated rings. The third-order valence-corrected chi connectivity index (χ3v) is 3.21. The highest BCUT2D eigenvalue weighted by Gasteiger charge is 2.09. The third kappa shape index (κ3) is 5.72. The molecule has 0 bridgehead atoms. The minimum atomic E-state index is -0.649. The van der Waals surface area contributed by atoms with Crippen molar-refractivity contribution in [3.63, 3.8) is 0 Å². The molecule has 2 N–H and O–H groups in total. The predicted octanol–water partition coefficient (Wildman–Crippen LogP) is 1.18. The fourth-order valence-corrected chi connectivity index (χ4v) is 2.11. The zero-order valence-corrected chi connectivity index (χ0v) is 14.2. The number of halogens is 1. The summed E-state index contributed by atoms with van der Waals surface area (Å²) in [5, 5.41) is 0. The van der Waals surface area contributed by atoms with Crippen LogP contribution >= 0.6 is 22.6 Å². The Kier molecular flexibility index (Phi) is 7.37. The maximum absolute atomic E-state index is 11.9. The van der Waals surface area contributed by atoms with E-state index in [-0.39, 0.29) is 6.61 Å². The Morgan fingerprint density at radius 2 is 1.95 bits per heavy atom. The Hall–Kier alpha value is -2.10. The van der Waals surface area contributed by atoms with Gasteiger partial charge in [-0.15, -0.1) is 0 Å². The molecule has 7 nitrogen and oxygen atoms in total. The van der Waals surface area contributed by atoms with Gasteiger partial charge in [0.05, 0.1) is 17.3 Å². The van der Waals surface area contributed by atoms with Crippen molar-refractivity contribution < 1.29 is 23.9 Å². The fourth-order valence-electron chi connectivity index (χ4n) is 1.37. The molecule has 2 amide bonds. The topological polar surface area (TPSA) is 93.7 Å². The Bertz CT molecular complexity index is 601. The highest BCUT2D eigenvalue weighted by atomic mass is 127. The summed E-state index contributed by atoms with van der Waals surface area (Å²) in [5.41, 5.74) is 4.75. The van der Waals surface area contributed by atoms with E-state index in [9.17, 15) is 14.4 Å². The van der Waals surface area contributed by atoms with Crippen molar-refractivity contribution in [2.45, 2.75) is 6.92 Å². The maximum Gasteiger partial charge on any atom is 0.330 e. The first-order valence-electron chi connectivity index (χ1n) is 6.26. The third-order valence-electron chi connectivity index (χ3n) is 2.37. The summed E-state index contributed by atoms with van der Waals surface area (Å²) in [7, 11) is 1.54. The molecule has 22 heavy (non-hydrogen) atoms. The van der Waals surface area contributed by atoms with Crippen LogP contribution in [0, 0.1) is 3.57 Å². The molecular formula is C14H15IN2O5. The molecule has 0 aliphatic rings. The van der Waals surface area contributed by atoms with E-state index in [2.05, 4.69) is 15.6 Å². The number of rotatable bonds is 5. The summed E-state index contributed by atoms with van der Waals surface area (Å²) >= 11 is 2.03. The lowest BCUT2D eigenvalue weighted by atomic mass is 10.2. The SMILES string of the molecule is CCOC(=O)C=CC(=O)NNC(=O)c1ccc(OC)c(I)c1. The van der Waals surface area contributed by atoms with Gasteiger partial charge in [-0.05, 0) is 47.7 Å². The van der Waals surface area contributed by atoms with Gasteiger partial charge in [-0.2, -0.15) is 0 Å². The Morgan fingerprint density at radius 1 is 1.23 bits per heavy atom. The molecule has 0 saturated carbocycles. The fraction of sp³-hybridized carbons (Fsp3) is 0.214. The number of methoxy groups -OCH3 is 1. The lowest BCUT2D eigenvalue weighted by Gasteiger charge is -2.07. The molecule has 1 aromatic carbocycles. The molecule has 0 heterocycles. The van der Waals surface area contributed by atoms with E-state index in [0.717, 1.165) is 15.7 Å². The van der Waals surface area contributed by atoms with Crippen LogP contribution in [0.1, 0.15) is 17.3 Å². The van der Waals surface area contributed by atoms with Crippen molar-refractivity contribution in [2.24, 2.45) is 0 Å². The van der Waals surface area contributed by atoms with E-state index in [4.69, 9.17) is 4.74 Å². The molecule has 0 aromatic heterocycles. The predicted molar refractivity (Wildman–Crippen MR) is 87.1 cm³/mol. The molecule has 0 unspecified atom stereocenters. The second-order valence-electron chi connectivity index (χ2n) is 3.88. The molecule has 8 heteroatoms. The molecule has 0 spiro atoms. The summed E-state index contributed by atoms with van der Waals surface area (Å²) < 4.78 is 10.5. The molecule has 0 radical (unpaired) electrons. The lowest BCUT2D eigenvalue weighted by molar-refractivity contribution is -0.137. The summed E-state index contributed by atoms with van der Waals surface area (Å²) in [5.74, 6) is -1.12. The van der Waals surface area contributed by atoms with Gasteiger partial charge in [0.15, 0.2) is 0 Å². The van der Waals surface area contributed by atoms with Crippen LogP contribution in [0.15, 0.2) is 30.4 Å². The number of hydrogen-bond acceptors (Lipinski definition) is 5. The number of amides is 2. The number of esters is 1. The molecule has 118 valence electrons. The van der Waals surface area contributed by atoms with Crippen molar-refractivity contribution >= 4 is 40.4 Å². The maximum atomic E-state index is 11.9. The number of benzene rings is 1. The molecule has 0 saturated heterocycles. The second kappa shape index (κ2) is 9.03. The first-order chi connectivity index (χ1) is 10.5. The van der Waals surface area contributed by atoms with Gasteiger partial charge in [-0.1, -0.05) is 0 Å². The van der Waals surface area contributed by atoms with Crippen molar-refractivity contribution in [3.8, 4) is 5.75 Å². The van der Waals surface area contributed by atoms with Crippen LogP contribution in [-0.2, 0) is 14.3 Å². The van der Waals surface area contributed by atoms with Gasteiger partial charge in [-0.25, -0.2) is 4.79 Å². The highest BCUT2D eigenvalue weighted by Crippen LogP contribution is 2.21. The van der Waals surface area contributed by atoms with Crippen molar-refractivity contribution in [3.05, 3.63) is 39.5 Å². The summed E-state index contributed by atoms with van der Waals surface area (Å²) in [6.07, 6.45) is 1.94. The van der Waals surface area contributed by atoms with Gasteiger partial charge in [0.2, 0.25) is 0 Å². The largest absolute Gasteiger partial charge is 0.496 e. The Labute approximate surface area is 141 Å². The summed E-state index contributed by atoms with van der Waals surface area (Å²) in [6.45, 7) is 1.87. The van der Waals surface area contributed by atoms with Crippen LogP contribution in [0.25, 0.3) is 0 Å². The summed E-state index contributed by atoms with van der Waals surface area (Å²) in [4.78, 5) is 34.3. The second-order valence-corrected chi connectivity index (χ2v) is 5.04. The zero-order chi connectivity index (χ0) is 16.5. The van der Waals surface area contributed by atoms with Gasteiger partial charge < -0.3 is 9.47 Å². The van der Waals surface area contributed by atoms with Crippen LogP contribution < -0.4 is 15.6 Å². The van der Waals surface area contributed by atoms with E-state index in [0.29, 0.717) is 11.3 Å². The van der Waals surface area contributed by atoms with Crippen molar-refractivity contribution in [1.29, 1.82) is 0 Å². The molecular weight excluding hydrogens is 403 g/mol. The number of carbonyl (C=O) groups excluding carboxylic acids is 3. The van der Waals surface area contributed by atoms with Crippen LogP contribution in [0.5, 0.6) is 5.75 Å². The van der Waals surface area contributed by atoms with Crippen LogP contribution in [-0.4, -0.2) is 31.5 Å². The highest BCUT2D eigenvalue weighted by molar-refractivity contribution is 14.1. The molecule has 0 aliphatic carbocycles.